The van der Waals surface area contributed by atoms with E-state index in [0.29, 0.717) is 19.3 Å². The van der Waals surface area contributed by atoms with Gasteiger partial charge >= 0.3 is 0 Å². The van der Waals surface area contributed by atoms with Crippen LogP contribution in [-0.4, -0.2) is 17.2 Å². The maximum atomic E-state index is 12.8. The van der Waals surface area contributed by atoms with E-state index in [4.69, 9.17) is 11.5 Å². The first-order valence-electron chi connectivity index (χ1n) is 3.33. The van der Waals surface area contributed by atoms with Crippen molar-refractivity contribution in [3.05, 3.63) is 0 Å². The van der Waals surface area contributed by atoms with E-state index < -0.39 is 5.67 Å². The van der Waals surface area contributed by atoms with Crippen LogP contribution in [0.2, 0.25) is 0 Å². The number of rotatable bonds is 1. The van der Waals surface area contributed by atoms with Crippen molar-refractivity contribution in [2.75, 3.05) is 0 Å². The maximum Gasteiger partial charge on any atom is 0.186 e. The Kier molecular flexibility index (Phi) is 1.56. The zero-order valence-electron chi connectivity index (χ0n) is 6.01. The number of halogens is 2. The monoisotopic (exact) mass is 179 g/mol. The zero-order valence-corrected chi connectivity index (χ0v) is 6.83. The molecule has 0 saturated heterocycles. The third kappa shape index (κ3) is 1.05. The molecule has 0 aromatic heterocycles. The van der Waals surface area contributed by atoms with E-state index in [9.17, 15) is 4.39 Å². The zero-order chi connectivity index (χ0) is 7.41. The Morgan fingerprint density at radius 2 is 1.73 bits per heavy atom. The van der Waals surface area contributed by atoms with Crippen molar-refractivity contribution in [1.29, 1.82) is 0 Å². The molecule has 3 saturated carbocycles. The number of hydrogen-bond donors (Lipinski definition) is 2. The summed E-state index contributed by atoms with van der Waals surface area (Å²) in [5.74, 6) is 0.0850. The van der Waals surface area contributed by atoms with Crippen LogP contribution in [0.5, 0.6) is 0 Å². The van der Waals surface area contributed by atoms with Crippen LogP contribution in [0.25, 0.3) is 0 Å². The molecule has 2 bridgehead atoms. The Morgan fingerprint density at radius 1 is 1.27 bits per heavy atom. The average Bonchev–Trinajstić information content (AvgIpc) is 1.56. The summed E-state index contributed by atoms with van der Waals surface area (Å²) in [5.41, 5.74) is 9.23. The molecular weight excluding hydrogens is 169 g/mol. The van der Waals surface area contributed by atoms with Crippen LogP contribution in [-0.2, 0) is 0 Å². The highest BCUT2D eigenvalue weighted by Crippen LogP contribution is 2.65. The normalized spacial score (nSPS) is 44.5. The number of guanidine groups is 1. The molecule has 0 aromatic rings. The van der Waals surface area contributed by atoms with Gasteiger partial charge < -0.3 is 11.5 Å². The molecule has 0 unspecified atom stereocenters. The molecular formula is C6H11ClFN3. The maximum absolute atomic E-state index is 12.8. The first-order valence-corrected chi connectivity index (χ1v) is 3.33. The van der Waals surface area contributed by atoms with E-state index in [0.717, 1.165) is 0 Å². The molecule has 64 valence electrons. The van der Waals surface area contributed by atoms with Gasteiger partial charge in [-0.05, 0) is 0 Å². The summed E-state index contributed by atoms with van der Waals surface area (Å²) in [6.07, 6.45) is 1.58. The van der Waals surface area contributed by atoms with Gasteiger partial charge in [-0.2, -0.15) is 0 Å². The van der Waals surface area contributed by atoms with Crippen molar-refractivity contribution in [3.63, 3.8) is 0 Å². The van der Waals surface area contributed by atoms with Gasteiger partial charge in [0, 0.05) is 19.3 Å². The predicted molar refractivity (Wildman–Crippen MR) is 43.5 cm³/mol. The molecule has 4 N–H and O–H groups in total. The van der Waals surface area contributed by atoms with E-state index >= 15 is 0 Å². The van der Waals surface area contributed by atoms with Crippen LogP contribution in [0.15, 0.2) is 4.99 Å². The fraction of sp³-hybridized carbons (Fsp3) is 0.833. The SMILES string of the molecule is Cl.NC(N)=NC12CC(F)(C1)C2. The van der Waals surface area contributed by atoms with Gasteiger partial charge in [0.1, 0.15) is 5.67 Å². The Bertz CT molecular complexity index is 192. The lowest BCUT2D eigenvalue weighted by molar-refractivity contribution is -0.147. The van der Waals surface area contributed by atoms with E-state index in [-0.39, 0.29) is 23.9 Å². The first kappa shape index (κ1) is 8.59. The number of alkyl halides is 1. The predicted octanol–water partition coefficient (Wildman–Crippen LogP) is 0.326. The molecule has 0 heterocycles. The average molecular weight is 180 g/mol. The molecule has 3 nitrogen and oxygen atoms in total. The minimum atomic E-state index is -0.904. The quantitative estimate of drug-likeness (QED) is 0.450. The Hall–Kier alpha value is -0.510. The minimum absolute atomic E-state index is 0. The molecule has 3 rings (SSSR count). The highest BCUT2D eigenvalue weighted by Gasteiger charge is 2.69. The van der Waals surface area contributed by atoms with E-state index in [1.165, 1.54) is 0 Å². The van der Waals surface area contributed by atoms with Crippen LogP contribution in [0.3, 0.4) is 0 Å². The molecule has 0 radical (unpaired) electrons. The molecule has 0 amide bonds. The number of nitrogens with zero attached hydrogens (tertiary/aromatic N) is 1. The van der Waals surface area contributed by atoms with Crippen molar-refractivity contribution in [2.24, 2.45) is 16.5 Å². The van der Waals surface area contributed by atoms with Crippen LogP contribution in [0.4, 0.5) is 4.39 Å². The van der Waals surface area contributed by atoms with Gasteiger partial charge in [-0.25, -0.2) is 9.38 Å². The van der Waals surface area contributed by atoms with Crippen LogP contribution >= 0.6 is 12.4 Å². The van der Waals surface area contributed by atoms with Crippen molar-refractivity contribution < 1.29 is 4.39 Å². The third-order valence-corrected chi connectivity index (χ3v) is 2.30. The molecule has 0 spiro atoms. The smallest absolute Gasteiger partial charge is 0.186 e. The van der Waals surface area contributed by atoms with E-state index in [2.05, 4.69) is 4.99 Å². The van der Waals surface area contributed by atoms with E-state index in [1.807, 2.05) is 0 Å². The standard InChI is InChI=1S/C6H10FN3.ClH/c7-5-1-6(2-5,3-5)10-4(8)9;/h1-3H2,(H4,8,9,10);1H. The largest absolute Gasteiger partial charge is 0.370 e. The summed E-state index contributed by atoms with van der Waals surface area (Å²) in [6, 6.07) is 0. The molecule has 3 aliphatic carbocycles. The minimum Gasteiger partial charge on any atom is -0.370 e. The lowest BCUT2D eigenvalue weighted by Crippen LogP contribution is -2.69. The van der Waals surface area contributed by atoms with Gasteiger partial charge in [-0.1, -0.05) is 0 Å². The summed E-state index contributed by atoms with van der Waals surface area (Å²) in [5, 5.41) is 0. The fourth-order valence-corrected chi connectivity index (χ4v) is 2.01. The van der Waals surface area contributed by atoms with E-state index in [1.54, 1.807) is 0 Å². The number of aliphatic imine (C=N–C) groups is 1. The topological polar surface area (TPSA) is 64.4 Å². The van der Waals surface area contributed by atoms with Gasteiger partial charge in [-0.15, -0.1) is 12.4 Å². The second kappa shape index (κ2) is 2.00. The molecule has 0 aliphatic heterocycles. The Balaban J connectivity index is 0.000000605. The van der Waals surface area contributed by atoms with Gasteiger partial charge in [0.25, 0.3) is 0 Å². The number of nitrogens with two attached hydrogens (primary N) is 2. The highest BCUT2D eigenvalue weighted by atomic mass is 35.5. The van der Waals surface area contributed by atoms with Crippen LogP contribution < -0.4 is 11.5 Å². The van der Waals surface area contributed by atoms with Crippen LogP contribution in [0, 0.1) is 0 Å². The molecule has 11 heavy (non-hydrogen) atoms. The van der Waals surface area contributed by atoms with Gasteiger partial charge in [0.15, 0.2) is 5.96 Å². The Labute approximate surface area is 70.4 Å². The van der Waals surface area contributed by atoms with Crippen molar-refractivity contribution >= 4 is 18.4 Å². The molecule has 3 aliphatic rings. The summed E-state index contributed by atoms with van der Waals surface area (Å²) >= 11 is 0. The summed E-state index contributed by atoms with van der Waals surface area (Å²) in [6.45, 7) is 0. The molecule has 3 fully saturated rings. The van der Waals surface area contributed by atoms with Crippen molar-refractivity contribution in [1.82, 2.24) is 0 Å². The summed E-state index contributed by atoms with van der Waals surface area (Å²) < 4.78 is 12.8. The molecule has 0 aromatic carbocycles. The molecule has 0 atom stereocenters. The van der Waals surface area contributed by atoms with Gasteiger partial charge in [-0.3, -0.25) is 0 Å². The Morgan fingerprint density at radius 3 is 2.00 bits per heavy atom. The van der Waals surface area contributed by atoms with Crippen molar-refractivity contribution in [2.45, 2.75) is 30.5 Å². The summed E-state index contributed by atoms with van der Waals surface area (Å²) in [7, 11) is 0. The van der Waals surface area contributed by atoms with Gasteiger partial charge in [0.2, 0.25) is 0 Å². The third-order valence-electron chi connectivity index (χ3n) is 2.30. The highest BCUT2D eigenvalue weighted by molar-refractivity contribution is 5.85. The first-order chi connectivity index (χ1) is 4.54. The summed E-state index contributed by atoms with van der Waals surface area (Å²) in [4.78, 5) is 3.96. The fourth-order valence-electron chi connectivity index (χ4n) is 2.01. The van der Waals surface area contributed by atoms with Gasteiger partial charge in [0.05, 0.1) is 5.54 Å². The lowest BCUT2D eigenvalue weighted by Gasteiger charge is -2.63. The number of hydrogen-bond acceptors (Lipinski definition) is 1. The van der Waals surface area contributed by atoms with Crippen molar-refractivity contribution in [3.8, 4) is 0 Å². The lowest BCUT2D eigenvalue weighted by atomic mass is 9.48. The van der Waals surface area contributed by atoms with Crippen LogP contribution in [0.1, 0.15) is 19.3 Å². The second-order valence-corrected chi connectivity index (χ2v) is 3.44. The second-order valence-electron chi connectivity index (χ2n) is 3.44. The molecule has 5 heteroatoms.